The van der Waals surface area contributed by atoms with Gasteiger partial charge >= 0.3 is 12.1 Å². The zero-order chi connectivity index (χ0) is 19.8. The van der Waals surface area contributed by atoms with Gasteiger partial charge in [0.15, 0.2) is 0 Å². The number of halogens is 3. The number of benzene rings is 1. The lowest BCUT2D eigenvalue weighted by Crippen LogP contribution is -2.50. The van der Waals surface area contributed by atoms with Gasteiger partial charge < -0.3 is 15.0 Å². The van der Waals surface area contributed by atoms with E-state index in [0.717, 1.165) is 12.1 Å². The predicted octanol–water partition coefficient (Wildman–Crippen LogP) is 1.51. The molecule has 1 atom stereocenters. The van der Waals surface area contributed by atoms with Crippen LogP contribution in [0, 0.1) is 6.92 Å². The summed E-state index contributed by atoms with van der Waals surface area (Å²) in [6, 6.07) is 3.26. The summed E-state index contributed by atoms with van der Waals surface area (Å²) in [4.78, 5) is 25.2. The number of nitrogens with one attached hydrogen (secondary N) is 1. The second kappa shape index (κ2) is 6.99. The molecule has 1 aromatic heterocycles. The Morgan fingerprint density at radius 3 is 2.74 bits per heavy atom. The molecule has 0 saturated carbocycles. The minimum absolute atomic E-state index is 0.0160. The third-order valence-corrected chi connectivity index (χ3v) is 4.26. The summed E-state index contributed by atoms with van der Waals surface area (Å²) < 4.78 is 39.9. The topological polar surface area (TPSA) is 100 Å². The van der Waals surface area contributed by atoms with Gasteiger partial charge in [-0.2, -0.15) is 13.2 Å². The predicted molar refractivity (Wildman–Crippen MR) is 86.7 cm³/mol. The van der Waals surface area contributed by atoms with E-state index in [4.69, 9.17) is 0 Å². The molecule has 2 N–H and O–H groups in total. The number of hydrogen-bond donors (Lipinski definition) is 2. The number of amides is 1. The van der Waals surface area contributed by atoms with E-state index in [1.54, 1.807) is 11.5 Å². The van der Waals surface area contributed by atoms with Crippen LogP contribution < -0.4 is 5.32 Å². The minimum atomic E-state index is -4.52. The van der Waals surface area contributed by atoms with Crippen LogP contribution >= 0.6 is 0 Å². The summed E-state index contributed by atoms with van der Waals surface area (Å²) in [6.45, 7) is 1.57. The van der Waals surface area contributed by atoms with Crippen LogP contribution in [0.15, 0.2) is 24.3 Å². The summed E-state index contributed by atoms with van der Waals surface area (Å²) in [5.74, 6) is -0.632. The first-order valence-electron chi connectivity index (χ1n) is 7.98. The van der Waals surface area contributed by atoms with E-state index >= 15 is 0 Å². The molecule has 144 valence electrons. The highest BCUT2D eigenvalue weighted by atomic mass is 19.4. The number of carboxylic acids is 1. The lowest BCUT2D eigenvalue weighted by atomic mass is 10.1. The normalized spacial score (nSPS) is 17.4. The van der Waals surface area contributed by atoms with Crippen LogP contribution in [-0.2, 0) is 28.9 Å². The second-order valence-electron chi connectivity index (χ2n) is 6.16. The Hall–Kier alpha value is -2.95. The Kier molecular flexibility index (Phi) is 4.87. The zero-order valence-electron chi connectivity index (χ0n) is 14.2. The lowest BCUT2D eigenvalue weighted by Gasteiger charge is -2.32. The van der Waals surface area contributed by atoms with Crippen LogP contribution in [0.2, 0.25) is 0 Å². The number of carbonyl (C=O) groups is 2. The van der Waals surface area contributed by atoms with Crippen molar-refractivity contribution in [1.82, 2.24) is 19.7 Å². The molecule has 1 aliphatic rings. The van der Waals surface area contributed by atoms with Gasteiger partial charge in [-0.1, -0.05) is 6.07 Å². The largest absolute Gasteiger partial charge is 0.480 e. The van der Waals surface area contributed by atoms with E-state index in [2.05, 4.69) is 15.5 Å². The summed E-state index contributed by atoms with van der Waals surface area (Å²) in [5.41, 5.74) is -0.900. The summed E-state index contributed by atoms with van der Waals surface area (Å²) in [6.07, 6.45) is -4.52. The van der Waals surface area contributed by atoms with Crippen molar-refractivity contribution in [2.45, 2.75) is 32.2 Å². The van der Waals surface area contributed by atoms with Crippen molar-refractivity contribution < 1.29 is 27.9 Å². The SMILES string of the molecule is Cc1nnc2n1CC(C(=O)O)N(CC(=O)Nc1cccc(C(F)(F)F)c1)C2. The molecule has 0 radical (unpaired) electrons. The van der Waals surface area contributed by atoms with Crippen molar-refractivity contribution >= 4 is 17.6 Å². The van der Waals surface area contributed by atoms with Crippen molar-refractivity contribution in [2.24, 2.45) is 0 Å². The van der Waals surface area contributed by atoms with Gasteiger partial charge in [0.05, 0.1) is 25.2 Å². The van der Waals surface area contributed by atoms with Crippen LogP contribution in [0.4, 0.5) is 18.9 Å². The number of alkyl halides is 3. The van der Waals surface area contributed by atoms with Gasteiger partial charge in [0.25, 0.3) is 0 Å². The van der Waals surface area contributed by atoms with Gasteiger partial charge in [0.1, 0.15) is 17.7 Å². The molecule has 1 amide bonds. The highest BCUT2D eigenvalue weighted by Gasteiger charge is 2.34. The number of hydrogen-bond acceptors (Lipinski definition) is 5. The molecule has 0 saturated heterocycles. The summed E-state index contributed by atoms with van der Waals surface area (Å²) >= 11 is 0. The number of carbonyl (C=O) groups excluding carboxylic acids is 1. The smallest absolute Gasteiger partial charge is 0.416 e. The van der Waals surface area contributed by atoms with Crippen LogP contribution in [0.25, 0.3) is 0 Å². The fourth-order valence-electron chi connectivity index (χ4n) is 2.92. The first-order valence-corrected chi connectivity index (χ1v) is 7.98. The molecule has 0 aliphatic carbocycles. The number of rotatable bonds is 4. The van der Waals surface area contributed by atoms with Crippen molar-refractivity contribution in [2.75, 3.05) is 11.9 Å². The quantitative estimate of drug-likeness (QED) is 0.830. The number of nitrogens with zero attached hydrogens (tertiary/aromatic N) is 4. The minimum Gasteiger partial charge on any atom is -0.480 e. The highest BCUT2D eigenvalue weighted by Crippen LogP contribution is 2.30. The van der Waals surface area contributed by atoms with Gasteiger partial charge in [-0.3, -0.25) is 14.5 Å². The Labute approximate surface area is 151 Å². The number of aliphatic carboxylic acids is 1. The van der Waals surface area contributed by atoms with Gasteiger partial charge in [-0.15, -0.1) is 10.2 Å². The zero-order valence-corrected chi connectivity index (χ0v) is 14.2. The molecule has 1 aliphatic heterocycles. The monoisotopic (exact) mass is 383 g/mol. The van der Waals surface area contributed by atoms with Gasteiger partial charge in [0.2, 0.25) is 5.91 Å². The molecule has 2 aromatic rings. The molecule has 27 heavy (non-hydrogen) atoms. The first-order chi connectivity index (χ1) is 12.6. The fourth-order valence-corrected chi connectivity index (χ4v) is 2.92. The number of aromatic nitrogens is 3. The maximum Gasteiger partial charge on any atom is 0.416 e. The average molecular weight is 383 g/mol. The number of carboxylic acid groups (broad SMARTS) is 1. The van der Waals surface area contributed by atoms with Crippen LogP contribution in [0.1, 0.15) is 17.2 Å². The lowest BCUT2D eigenvalue weighted by molar-refractivity contribution is -0.145. The van der Waals surface area contributed by atoms with Crippen molar-refractivity contribution in [3.63, 3.8) is 0 Å². The maximum atomic E-state index is 12.8. The second-order valence-corrected chi connectivity index (χ2v) is 6.16. The van der Waals surface area contributed by atoms with E-state index in [0.29, 0.717) is 11.6 Å². The molecular weight excluding hydrogens is 367 g/mol. The number of aryl methyl sites for hydroxylation is 1. The Balaban J connectivity index is 1.72. The molecule has 2 heterocycles. The van der Waals surface area contributed by atoms with Crippen molar-refractivity contribution in [3.8, 4) is 0 Å². The third kappa shape index (κ3) is 4.08. The van der Waals surface area contributed by atoms with E-state index < -0.39 is 29.7 Å². The van der Waals surface area contributed by atoms with Gasteiger partial charge in [0, 0.05) is 5.69 Å². The molecule has 0 bridgehead atoms. The molecular formula is C16H16F3N5O3. The van der Waals surface area contributed by atoms with Gasteiger partial charge in [-0.25, -0.2) is 0 Å². The van der Waals surface area contributed by atoms with E-state index in [1.807, 2.05) is 0 Å². The first kappa shape index (κ1) is 18.8. The molecule has 11 heteroatoms. The number of anilines is 1. The maximum absolute atomic E-state index is 12.8. The molecule has 3 rings (SSSR count). The van der Waals surface area contributed by atoms with Crippen LogP contribution in [0.5, 0.6) is 0 Å². The fraction of sp³-hybridized carbons (Fsp3) is 0.375. The van der Waals surface area contributed by atoms with Crippen molar-refractivity contribution in [3.05, 3.63) is 41.5 Å². The van der Waals surface area contributed by atoms with Crippen LogP contribution in [-0.4, -0.2) is 49.2 Å². The van der Waals surface area contributed by atoms with E-state index in [1.165, 1.54) is 17.0 Å². The summed E-state index contributed by atoms with van der Waals surface area (Å²) in [5, 5.41) is 19.7. The molecule has 0 spiro atoms. The molecule has 1 aromatic carbocycles. The molecule has 1 unspecified atom stereocenters. The summed E-state index contributed by atoms with van der Waals surface area (Å²) in [7, 11) is 0. The molecule has 8 nitrogen and oxygen atoms in total. The average Bonchev–Trinajstić information content (AvgIpc) is 2.93. The Morgan fingerprint density at radius 1 is 1.33 bits per heavy atom. The number of fused-ring (bicyclic) bond motifs is 1. The highest BCUT2D eigenvalue weighted by molar-refractivity contribution is 5.92. The standard InChI is InChI=1S/C16H16F3N5O3/c1-9-21-22-13-7-23(12(15(26)27)6-24(9)13)8-14(25)20-11-4-2-3-10(5-11)16(17,18)19/h2-5,12H,6-8H2,1H3,(H,20,25)(H,26,27). The molecule has 0 fully saturated rings. The van der Waals surface area contributed by atoms with E-state index in [9.17, 15) is 27.9 Å². The van der Waals surface area contributed by atoms with E-state index in [-0.39, 0.29) is 25.3 Å². The van der Waals surface area contributed by atoms with Crippen molar-refractivity contribution in [1.29, 1.82) is 0 Å². The Bertz CT molecular complexity index is 880. The Morgan fingerprint density at radius 2 is 2.07 bits per heavy atom. The third-order valence-electron chi connectivity index (χ3n) is 4.26. The van der Waals surface area contributed by atoms with Gasteiger partial charge in [-0.05, 0) is 25.1 Å². The van der Waals surface area contributed by atoms with Crippen LogP contribution in [0.3, 0.4) is 0 Å².